The zero-order valence-electron chi connectivity index (χ0n) is 17.2. The highest BCUT2D eigenvalue weighted by atomic mass is 35.5. The lowest BCUT2D eigenvalue weighted by atomic mass is 10.1. The predicted molar refractivity (Wildman–Crippen MR) is 126 cm³/mol. The third-order valence-electron chi connectivity index (χ3n) is 4.59. The first kappa shape index (κ1) is 21.8. The van der Waals surface area contributed by atoms with Gasteiger partial charge >= 0.3 is 5.97 Å². The van der Waals surface area contributed by atoms with Crippen LogP contribution < -0.4 is 9.64 Å². The number of amides is 1. The van der Waals surface area contributed by atoms with Gasteiger partial charge < -0.3 is 9.47 Å². The van der Waals surface area contributed by atoms with E-state index in [1.54, 1.807) is 29.6 Å². The van der Waals surface area contributed by atoms with E-state index < -0.39 is 5.97 Å². The lowest BCUT2D eigenvalue weighted by Gasteiger charge is -2.18. The van der Waals surface area contributed by atoms with Crippen LogP contribution in [0.5, 0.6) is 5.75 Å². The van der Waals surface area contributed by atoms with Crippen LogP contribution in [0.25, 0.3) is 10.8 Å². The molecule has 6 nitrogen and oxygen atoms in total. The van der Waals surface area contributed by atoms with Gasteiger partial charge in [0.2, 0.25) is 5.91 Å². The molecule has 0 aliphatic carbocycles. The van der Waals surface area contributed by atoms with Crippen LogP contribution in [0.4, 0.5) is 10.8 Å². The number of fused-ring (bicyclic) bond motifs is 1. The Balaban J connectivity index is 1.37. The van der Waals surface area contributed by atoms with Crippen molar-refractivity contribution in [3.8, 4) is 5.75 Å². The summed E-state index contributed by atoms with van der Waals surface area (Å²) >= 11 is 7.33. The van der Waals surface area contributed by atoms with E-state index >= 15 is 0 Å². The van der Waals surface area contributed by atoms with Gasteiger partial charge in [0.05, 0.1) is 11.4 Å². The van der Waals surface area contributed by atoms with E-state index in [2.05, 4.69) is 4.98 Å². The predicted octanol–water partition coefficient (Wildman–Crippen LogP) is 5.76. The second-order valence-corrected chi connectivity index (χ2v) is 8.16. The van der Waals surface area contributed by atoms with Crippen molar-refractivity contribution >= 4 is 56.4 Å². The molecule has 0 aliphatic rings. The summed E-state index contributed by atoms with van der Waals surface area (Å²) < 4.78 is 11.0. The normalized spacial score (nSPS) is 10.7. The van der Waals surface area contributed by atoms with Crippen LogP contribution in [-0.4, -0.2) is 23.5 Å². The zero-order valence-corrected chi connectivity index (χ0v) is 18.7. The van der Waals surface area contributed by atoms with E-state index in [4.69, 9.17) is 21.1 Å². The summed E-state index contributed by atoms with van der Waals surface area (Å²) in [5.74, 6) is -0.0889. The van der Waals surface area contributed by atoms with Crippen LogP contribution in [-0.2, 0) is 20.9 Å². The number of carbonyl (C=O) groups excluding carboxylic acids is 2. The number of anilines is 2. The maximum atomic E-state index is 12.2. The van der Waals surface area contributed by atoms with Crippen LogP contribution >= 0.6 is 22.9 Å². The minimum atomic E-state index is -0.509. The fourth-order valence-corrected chi connectivity index (χ4v) is 4.22. The summed E-state index contributed by atoms with van der Waals surface area (Å²) in [4.78, 5) is 30.3. The fraction of sp³-hybridized carbons (Fsp3) is 0.125. The molecule has 0 saturated carbocycles. The molecule has 0 bridgehead atoms. The second-order valence-electron chi connectivity index (χ2n) is 6.88. The van der Waals surface area contributed by atoms with Gasteiger partial charge in [-0.25, -0.2) is 9.78 Å². The van der Waals surface area contributed by atoms with E-state index in [0.29, 0.717) is 27.3 Å². The molecule has 0 fully saturated rings. The smallest absolute Gasteiger partial charge is 0.344 e. The Bertz CT molecular complexity index is 1270. The van der Waals surface area contributed by atoms with E-state index in [-0.39, 0.29) is 19.1 Å². The Morgan fingerprint density at radius 2 is 1.84 bits per heavy atom. The zero-order chi connectivity index (χ0) is 22.5. The summed E-state index contributed by atoms with van der Waals surface area (Å²) in [6.07, 6.45) is 0. The van der Waals surface area contributed by atoms with Gasteiger partial charge in [-0.3, -0.25) is 9.69 Å². The molecule has 4 aromatic rings. The van der Waals surface area contributed by atoms with Gasteiger partial charge in [0, 0.05) is 22.7 Å². The average Bonchev–Trinajstić information content (AvgIpc) is 3.24. The summed E-state index contributed by atoms with van der Waals surface area (Å²) in [6, 6.07) is 20.4. The molecule has 162 valence electrons. The van der Waals surface area contributed by atoms with Crippen molar-refractivity contribution < 1.29 is 19.1 Å². The molecule has 32 heavy (non-hydrogen) atoms. The molecule has 1 heterocycles. The second kappa shape index (κ2) is 9.80. The molecule has 3 aromatic carbocycles. The summed E-state index contributed by atoms with van der Waals surface area (Å²) in [5.41, 5.74) is 1.16. The van der Waals surface area contributed by atoms with Crippen LogP contribution in [0.1, 0.15) is 12.6 Å². The molecule has 0 N–H and O–H groups in total. The molecule has 0 radical (unpaired) electrons. The average molecular weight is 467 g/mol. The Morgan fingerprint density at radius 3 is 2.66 bits per heavy atom. The minimum Gasteiger partial charge on any atom is -0.481 e. The van der Waals surface area contributed by atoms with Gasteiger partial charge in [-0.05, 0) is 29.7 Å². The summed E-state index contributed by atoms with van der Waals surface area (Å²) in [7, 11) is 0. The standard InChI is InChI=1S/C24H19ClN2O4S/c1-16(28)27(20-9-5-8-18(25)12-20)24-26-19(15-32-24)13-31-23(29)14-30-22-11-4-7-17-6-2-3-10-21(17)22/h2-12,15H,13-14H2,1H3. The first-order chi connectivity index (χ1) is 15.5. The first-order valence-corrected chi connectivity index (χ1v) is 11.0. The van der Waals surface area contributed by atoms with Gasteiger partial charge in [0.15, 0.2) is 11.7 Å². The number of carbonyl (C=O) groups is 2. The third kappa shape index (κ3) is 5.07. The van der Waals surface area contributed by atoms with Crippen LogP contribution in [0.15, 0.2) is 72.1 Å². The van der Waals surface area contributed by atoms with Crippen molar-refractivity contribution in [2.45, 2.75) is 13.5 Å². The number of thiazole rings is 1. The Hall–Kier alpha value is -3.42. The highest BCUT2D eigenvalue weighted by molar-refractivity contribution is 7.14. The number of rotatable bonds is 7. The van der Waals surface area contributed by atoms with E-state index in [1.165, 1.54) is 23.2 Å². The molecule has 0 unspecified atom stereocenters. The Kier molecular flexibility index (Phi) is 6.68. The monoisotopic (exact) mass is 466 g/mol. The van der Waals surface area contributed by atoms with Crippen LogP contribution in [0.2, 0.25) is 5.02 Å². The van der Waals surface area contributed by atoms with Crippen LogP contribution in [0.3, 0.4) is 0 Å². The molecule has 4 rings (SSSR count). The Labute approximate surface area is 194 Å². The molecule has 0 spiro atoms. The molecular weight excluding hydrogens is 448 g/mol. The topological polar surface area (TPSA) is 68.7 Å². The van der Waals surface area contributed by atoms with Crippen molar-refractivity contribution in [1.82, 2.24) is 4.98 Å². The minimum absolute atomic E-state index is 0.0183. The first-order valence-electron chi connectivity index (χ1n) is 9.78. The van der Waals surface area contributed by atoms with Gasteiger partial charge in [-0.1, -0.05) is 54.1 Å². The van der Waals surface area contributed by atoms with Crippen molar-refractivity contribution in [3.63, 3.8) is 0 Å². The van der Waals surface area contributed by atoms with Gasteiger partial charge in [-0.15, -0.1) is 11.3 Å². The third-order valence-corrected chi connectivity index (χ3v) is 5.70. The number of aromatic nitrogens is 1. The quantitative estimate of drug-likeness (QED) is 0.324. The number of hydrogen-bond donors (Lipinski definition) is 0. The van der Waals surface area contributed by atoms with Gasteiger partial charge in [-0.2, -0.15) is 0 Å². The van der Waals surface area contributed by atoms with Crippen molar-refractivity contribution in [1.29, 1.82) is 0 Å². The highest BCUT2D eigenvalue weighted by Gasteiger charge is 2.19. The molecule has 0 atom stereocenters. The molecule has 0 aliphatic heterocycles. The molecule has 1 aromatic heterocycles. The van der Waals surface area contributed by atoms with Crippen molar-refractivity contribution in [2.75, 3.05) is 11.5 Å². The van der Waals surface area contributed by atoms with Crippen molar-refractivity contribution in [2.24, 2.45) is 0 Å². The largest absolute Gasteiger partial charge is 0.481 e. The number of halogens is 1. The molecular formula is C24H19ClN2O4S. The van der Waals surface area contributed by atoms with E-state index in [1.807, 2.05) is 42.5 Å². The van der Waals surface area contributed by atoms with Gasteiger partial charge in [0.1, 0.15) is 12.4 Å². The van der Waals surface area contributed by atoms with Crippen LogP contribution in [0, 0.1) is 0 Å². The fourth-order valence-electron chi connectivity index (χ4n) is 3.16. The lowest BCUT2D eigenvalue weighted by Crippen LogP contribution is -2.22. The Morgan fingerprint density at radius 1 is 1.06 bits per heavy atom. The number of ether oxygens (including phenoxy) is 2. The van der Waals surface area contributed by atoms with E-state index in [9.17, 15) is 9.59 Å². The van der Waals surface area contributed by atoms with E-state index in [0.717, 1.165) is 10.8 Å². The maximum absolute atomic E-state index is 12.2. The number of esters is 1. The molecule has 0 saturated heterocycles. The summed E-state index contributed by atoms with van der Waals surface area (Å²) in [6.45, 7) is 1.22. The van der Waals surface area contributed by atoms with Crippen molar-refractivity contribution in [3.05, 3.63) is 82.8 Å². The highest BCUT2D eigenvalue weighted by Crippen LogP contribution is 2.30. The lowest BCUT2D eigenvalue weighted by molar-refractivity contribution is -0.147. The molecule has 1 amide bonds. The summed E-state index contributed by atoms with van der Waals surface area (Å²) in [5, 5.41) is 4.69. The number of hydrogen-bond acceptors (Lipinski definition) is 6. The van der Waals surface area contributed by atoms with Gasteiger partial charge in [0.25, 0.3) is 0 Å². The number of benzene rings is 3. The molecule has 8 heteroatoms. The maximum Gasteiger partial charge on any atom is 0.344 e. The SMILES string of the molecule is CC(=O)N(c1cccc(Cl)c1)c1nc(COC(=O)COc2cccc3ccccc23)cs1. The number of nitrogens with zero attached hydrogens (tertiary/aromatic N) is 2.